The Labute approximate surface area is 177 Å². The first kappa shape index (κ1) is 18.7. The molecule has 0 radical (unpaired) electrons. The van der Waals surface area contributed by atoms with Crippen LogP contribution in [0.25, 0.3) is 0 Å². The summed E-state index contributed by atoms with van der Waals surface area (Å²) in [5.41, 5.74) is 5.79. The molecule has 2 atom stereocenters. The third-order valence-corrected chi connectivity index (χ3v) is 5.99. The van der Waals surface area contributed by atoms with Crippen LogP contribution in [0.2, 0.25) is 0 Å². The Morgan fingerprint density at radius 2 is 1.80 bits per heavy atom. The molecule has 2 aliphatic rings. The average Bonchev–Trinajstić information content (AvgIpc) is 3.24. The van der Waals surface area contributed by atoms with E-state index in [2.05, 4.69) is 73.5 Å². The van der Waals surface area contributed by atoms with Gasteiger partial charge in [0.25, 0.3) is 0 Å². The van der Waals surface area contributed by atoms with Gasteiger partial charge in [0.1, 0.15) is 11.5 Å². The van der Waals surface area contributed by atoms with Crippen LogP contribution < -0.4 is 9.47 Å². The molecular weight excluding hydrogens is 372 g/mol. The molecule has 5 rings (SSSR count). The standard InChI is InChI=1S/C26H26N2O2/c1-17(2)18-11-13-19(14-12-18)26-28-24(22-9-4-5-10-25(22)30-26)16-23(27-28)20-7-6-8-21(15-20)29-3/h4-15,17,24,26H,16H2,1-3H3/t24-,26-/m1/s1. The lowest BCUT2D eigenvalue weighted by Gasteiger charge is -2.38. The van der Waals surface area contributed by atoms with Crippen molar-refractivity contribution in [1.29, 1.82) is 0 Å². The van der Waals surface area contributed by atoms with Crippen molar-refractivity contribution in [1.82, 2.24) is 5.01 Å². The van der Waals surface area contributed by atoms with Crippen molar-refractivity contribution in [2.75, 3.05) is 7.11 Å². The minimum absolute atomic E-state index is 0.158. The topological polar surface area (TPSA) is 34.1 Å². The van der Waals surface area contributed by atoms with Gasteiger partial charge in [-0.2, -0.15) is 5.10 Å². The molecule has 0 saturated carbocycles. The number of rotatable bonds is 4. The molecule has 0 saturated heterocycles. The second-order valence-electron chi connectivity index (χ2n) is 8.21. The minimum atomic E-state index is -0.241. The number of hydrogen-bond acceptors (Lipinski definition) is 4. The quantitative estimate of drug-likeness (QED) is 0.536. The van der Waals surface area contributed by atoms with E-state index in [1.165, 1.54) is 11.1 Å². The second-order valence-corrected chi connectivity index (χ2v) is 8.21. The molecule has 2 aliphatic heterocycles. The first-order valence-corrected chi connectivity index (χ1v) is 10.5. The first-order valence-electron chi connectivity index (χ1n) is 10.5. The fraction of sp³-hybridized carbons (Fsp3) is 0.269. The number of hydrogen-bond donors (Lipinski definition) is 0. The highest BCUT2D eigenvalue weighted by Gasteiger charge is 2.40. The molecule has 4 nitrogen and oxygen atoms in total. The SMILES string of the molecule is COc1cccc(C2=NN3[C@H](C2)c2ccccc2O[C@@H]3c2ccc(C(C)C)cc2)c1. The van der Waals surface area contributed by atoms with E-state index in [4.69, 9.17) is 14.6 Å². The Hall–Kier alpha value is -3.27. The van der Waals surface area contributed by atoms with E-state index in [1.807, 2.05) is 18.2 Å². The molecule has 0 spiro atoms. The summed E-state index contributed by atoms with van der Waals surface area (Å²) in [5, 5.41) is 7.17. The van der Waals surface area contributed by atoms with E-state index in [0.29, 0.717) is 5.92 Å². The fourth-order valence-corrected chi connectivity index (χ4v) is 4.28. The molecule has 0 aromatic heterocycles. The number of para-hydroxylation sites is 1. The molecule has 0 amide bonds. The summed E-state index contributed by atoms with van der Waals surface area (Å²) in [7, 11) is 1.69. The first-order chi connectivity index (χ1) is 14.6. The molecule has 0 N–H and O–H groups in total. The highest BCUT2D eigenvalue weighted by atomic mass is 16.5. The Morgan fingerprint density at radius 1 is 1.00 bits per heavy atom. The van der Waals surface area contributed by atoms with Crippen LogP contribution >= 0.6 is 0 Å². The van der Waals surface area contributed by atoms with Crippen molar-refractivity contribution < 1.29 is 9.47 Å². The van der Waals surface area contributed by atoms with Crippen molar-refractivity contribution in [3.05, 3.63) is 95.1 Å². The van der Waals surface area contributed by atoms with E-state index in [-0.39, 0.29) is 12.3 Å². The van der Waals surface area contributed by atoms with Crippen LogP contribution in [0.5, 0.6) is 11.5 Å². The van der Waals surface area contributed by atoms with Crippen molar-refractivity contribution >= 4 is 5.71 Å². The summed E-state index contributed by atoms with van der Waals surface area (Å²) in [6.45, 7) is 4.42. The summed E-state index contributed by atoms with van der Waals surface area (Å²) < 4.78 is 11.9. The van der Waals surface area contributed by atoms with E-state index >= 15 is 0 Å². The maximum Gasteiger partial charge on any atom is 0.213 e. The summed E-state index contributed by atoms with van der Waals surface area (Å²) in [5.74, 6) is 2.29. The third-order valence-electron chi connectivity index (χ3n) is 5.99. The van der Waals surface area contributed by atoms with Gasteiger partial charge in [0.15, 0.2) is 0 Å². The molecule has 4 heteroatoms. The molecule has 0 fully saturated rings. The number of benzene rings is 3. The van der Waals surface area contributed by atoms with Gasteiger partial charge < -0.3 is 9.47 Å². The van der Waals surface area contributed by atoms with Crippen LogP contribution in [0.1, 0.15) is 60.7 Å². The maximum atomic E-state index is 6.46. The third kappa shape index (κ3) is 3.22. The smallest absolute Gasteiger partial charge is 0.213 e. The van der Waals surface area contributed by atoms with Gasteiger partial charge in [0, 0.05) is 23.1 Å². The van der Waals surface area contributed by atoms with Crippen LogP contribution in [0.3, 0.4) is 0 Å². The van der Waals surface area contributed by atoms with Crippen molar-refractivity contribution in [2.45, 2.75) is 38.5 Å². The molecule has 0 bridgehead atoms. The maximum absolute atomic E-state index is 6.46. The number of methoxy groups -OCH3 is 1. The Balaban J connectivity index is 1.55. The number of ether oxygens (including phenoxy) is 2. The minimum Gasteiger partial charge on any atom is -0.497 e. The molecule has 2 heterocycles. The van der Waals surface area contributed by atoms with Crippen LogP contribution in [0.4, 0.5) is 0 Å². The van der Waals surface area contributed by atoms with Crippen molar-refractivity contribution in [3.8, 4) is 11.5 Å². The predicted octanol–water partition coefficient (Wildman–Crippen LogP) is 6.06. The molecule has 3 aromatic rings. The number of fused-ring (bicyclic) bond motifs is 3. The van der Waals surface area contributed by atoms with Crippen LogP contribution in [-0.2, 0) is 0 Å². The Morgan fingerprint density at radius 3 is 2.57 bits per heavy atom. The van der Waals surface area contributed by atoms with Crippen molar-refractivity contribution in [3.63, 3.8) is 0 Å². The van der Waals surface area contributed by atoms with Crippen molar-refractivity contribution in [2.24, 2.45) is 5.10 Å². The average molecular weight is 399 g/mol. The summed E-state index contributed by atoms with van der Waals surface area (Å²) in [4.78, 5) is 0. The zero-order valence-corrected chi connectivity index (χ0v) is 17.6. The summed E-state index contributed by atoms with van der Waals surface area (Å²) >= 11 is 0. The van der Waals surface area contributed by atoms with Gasteiger partial charge in [-0.25, -0.2) is 5.01 Å². The second kappa shape index (κ2) is 7.52. The monoisotopic (exact) mass is 398 g/mol. The highest BCUT2D eigenvalue weighted by Crippen LogP contribution is 2.47. The lowest BCUT2D eigenvalue weighted by Crippen LogP contribution is -2.33. The lowest BCUT2D eigenvalue weighted by molar-refractivity contribution is -0.0190. The molecule has 30 heavy (non-hydrogen) atoms. The number of hydrazone groups is 1. The van der Waals surface area contributed by atoms with Crippen LogP contribution in [0.15, 0.2) is 77.9 Å². The van der Waals surface area contributed by atoms with Gasteiger partial charge in [-0.15, -0.1) is 0 Å². The fourth-order valence-electron chi connectivity index (χ4n) is 4.28. The van der Waals surface area contributed by atoms with Gasteiger partial charge in [-0.05, 0) is 29.7 Å². The summed E-state index contributed by atoms with van der Waals surface area (Å²) in [6, 6.07) is 25.3. The van der Waals surface area contributed by atoms with Gasteiger partial charge in [-0.3, -0.25) is 0 Å². The van der Waals surface area contributed by atoms with Gasteiger partial charge >= 0.3 is 0 Å². The Bertz CT molecular complexity index is 1090. The van der Waals surface area contributed by atoms with E-state index in [1.54, 1.807) is 7.11 Å². The van der Waals surface area contributed by atoms with Crippen LogP contribution in [0, 0.1) is 0 Å². The zero-order chi connectivity index (χ0) is 20.7. The van der Waals surface area contributed by atoms with E-state index < -0.39 is 0 Å². The molecule has 0 aliphatic carbocycles. The van der Waals surface area contributed by atoms with Gasteiger partial charge in [0.2, 0.25) is 6.23 Å². The molecule has 0 unspecified atom stereocenters. The summed E-state index contributed by atoms with van der Waals surface area (Å²) in [6.07, 6.45) is 0.600. The largest absolute Gasteiger partial charge is 0.497 e. The van der Waals surface area contributed by atoms with E-state index in [0.717, 1.165) is 34.8 Å². The van der Waals surface area contributed by atoms with Gasteiger partial charge in [0.05, 0.1) is 18.9 Å². The number of nitrogens with zero attached hydrogens (tertiary/aromatic N) is 2. The Kier molecular flexibility index (Phi) is 4.70. The predicted molar refractivity (Wildman–Crippen MR) is 119 cm³/mol. The molecule has 152 valence electrons. The highest BCUT2D eigenvalue weighted by molar-refractivity contribution is 6.02. The van der Waals surface area contributed by atoms with Crippen LogP contribution in [-0.4, -0.2) is 17.8 Å². The zero-order valence-electron chi connectivity index (χ0n) is 17.6. The molecular formula is C26H26N2O2. The lowest BCUT2D eigenvalue weighted by atomic mass is 9.95. The van der Waals surface area contributed by atoms with E-state index in [9.17, 15) is 0 Å². The molecule has 3 aromatic carbocycles. The van der Waals surface area contributed by atoms with Gasteiger partial charge in [-0.1, -0.05) is 68.4 Å². The normalized spacial score (nSPS) is 19.7.